The Balaban J connectivity index is 1.79. The molecule has 0 amide bonds. The first kappa shape index (κ1) is 19.5. The second-order valence-corrected chi connectivity index (χ2v) is 6.61. The Hall–Kier alpha value is -0.530. The number of hydrogen-bond donors (Lipinski definition) is 0. The Kier molecular flexibility index (Phi) is 12.5. The van der Waals surface area contributed by atoms with Gasteiger partial charge in [0.05, 0.1) is 0 Å². The fourth-order valence-electron chi connectivity index (χ4n) is 2.62. The molecule has 1 aromatic rings. The van der Waals surface area contributed by atoms with Gasteiger partial charge >= 0.3 is 0 Å². The van der Waals surface area contributed by atoms with Crippen molar-refractivity contribution < 1.29 is 4.74 Å². The fraction of sp³-hybridized carbons (Fsp3) is 0.700. The standard InChI is InChI=1S/C20H33ClO/c1-2-3-4-7-10-17-22-18-11-8-5-6-9-12-19-13-15-20(21)16-14-19/h13-16H,2-12,17-18H2,1H3. The van der Waals surface area contributed by atoms with E-state index in [1.807, 2.05) is 12.1 Å². The molecule has 0 spiro atoms. The molecule has 2 heteroatoms. The number of unbranched alkanes of at least 4 members (excludes halogenated alkanes) is 8. The van der Waals surface area contributed by atoms with Crippen LogP contribution in [-0.2, 0) is 11.2 Å². The summed E-state index contributed by atoms with van der Waals surface area (Å²) in [5.41, 5.74) is 1.40. The van der Waals surface area contributed by atoms with Gasteiger partial charge in [-0.3, -0.25) is 0 Å². The molecule has 0 aliphatic heterocycles. The van der Waals surface area contributed by atoms with Crippen molar-refractivity contribution in [2.45, 2.75) is 77.6 Å². The molecule has 0 aliphatic rings. The number of benzene rings is 1. The highest BCUT2D eigenvalue weighted by Crippen LogP contribution is 2.13. The molecule has 22 heavy (non-hydrogen) atoms. The minimum absolute atomic E-state index is 0.828. The van der Waals surface area contributed by atoms with Gasteiger partial charge in [0.15, 0.2) is 0 Å². The summed E-state index contributed by atoms with van der Waals surface area (Å²) in [5.74, 6) is 0. The van der Waals surface area contributed by atoms with Crippen LogP contribution in [0.5, 0.6) is 0 Å². The summed E-state index contributed by atoms with van der Waals surface area (Å²) in [7, 11) is 0. The quantitative estimate of drug-likeness (QED) is 0.341. The van der Waals surface area contributed by atoms with Gasteiger partial charge in [-0.2, -0.15) is 0 Å². The Morgan fingerprint density at radius 3 is 1.91 bits per heavy atom. The predicted molar refractivity (Wildman–Crippen MR) is 97.8 cm³/mol. The number of hydrogen-bond acceptors (Lipinski definition) is 1. The topological polar surface area (TPSA) is 9.23 Å². The van der Waals surface area contributed by atoms with Crippen molar-refractivity contribution in [2.75, 3.05) is 13.2 Å². The molecule has 0 N–H and O–H groups in total. The lowest BCUT2D eigenvalue weighted by atomic mass is 10.1. The van der Waals surface area contributed by atoms with E-state index in [2.05, 4.69) is 19.1 Å². The third kappa shape index (κ3) is 11.1. The number of ether oxygens (including phenoxy) is 1. The lowest BCUT2D eigenvalue weighted by molar-refractivity contribution is 0.125. The van der Waals surface area contributed by atoms with E-state index < -0.39 is 0 Å². The summed E-state index contributed by atoms with van der Waals surface area (Å²) in [6.45, 7) is 4.16. The van der Waals surface area contributed by atoms with Crippen molar-refractivity contribution in [1.29, 1.82) is 0 Å². The van der Waals surface area contributed by atoms with Crippen molar-refractivity contribution in [3.63, 3.8) is 0 Å². The first-order chi connectivity index (χ1) is 10.8. The van der Waals surface area contributed by atoms with Crippen LogP contribution < -0.4 is 0 Å². The average molecular weight is 325 g/mol. The van der Waals surface area contributed by atoms with Crippen LogP contribution in [0.1, 0.15) is 76.7 Å². The van der Waals surface area contributed by atoms with Crippen LogP contribution in [0, 0.1) is 0 Å². The fourth-order valence-corrected chi connectivity index (χ4v) is 2.75. The van der Waals surface area contributed by atoms with E-state index in [9.17, 15) is 0 Å². The molecular weight excluding hydrogens is 292 g/mol. The SMILES string of the molecule is CCCCCCCOCCCCCCCc1ccc(Cl)cc1. The van der Waals surface area contributed by atoms with Gasteiger partial charge < -0.3 is 4.74 Å². The van der Waals surface area contributed by atoms with Gasteiger partial charge in [-0.1, -0.05) is 75.6 Å². The van der Waals surface area contributed by atoms with Crippen molar-refractivity contribution in [3.05, 3.63) is 34.9 Å². The zero-order chi connectivity index (χ0) is 15.9. The molecule has 0 saturated heterocycles. The largest absolute Gasteiger partial charge is 0.381 e. The highest BCUT2D eigenvalue weighted by atomic mass is 35.5. The first-order valence-electron chi connectivity index (χ1n) is 9.15. The Morgan fingerprint density at radius 1 is 0.727 bits per heavy atom. The molecule has 0 fully saturated rings. The van der Waals surface area contributed by atoms with Crippen molar-refractivity contribution in [1.82, 2.24) is 0 Å². The van der Waals surface area contributed by atoms with Gasteiger partial charge in [-0.25, -0.2) is 0 Å². The summed E-state index contributed by atoms with van der Waals surface area (Å²) >= 11 is 5.89. The Bertz CT molecular complexity index is 347. The molecule has 126 valence electrons. The van der Waals surface area contributed by atoms with Gasteiger partial charge in [-0.15, -0.1) is 0 Å². The lowest BCUT2D eigenvalue weighted by Crippen LogP contribution is -1.97. The van der Waals surface area contributed by atoms with Crippen molar-refractivity contribution in [3.8, 4) is 0 Å². The van der Waals surface area contributed by atoms with Crippen LogP contribution >= 0.6 is 11.6 Å². The summed E-state index contributed by atoms with van der Waals surface area (Å²) in [5, 5.41) is 0.828. The highest BCUT2D eigenvalue weighted by molar-refractivity contribution is 6.30. The lowest BCUT2D eigenvalue weighted by Gasteiger charge is -2.05. The maximum Gasteiger partial charge on any atom is 0.0466 e. The van der Waals surface area contributed by atoms with E-state index >= 15 is 0 Å². The van der Waals surface area contributed by atoms with Crippen LogP contribution in [0.25, 0.3) is 0 Å². The normalized spacial score (nSPS) is 11.0. The van der Waals surface area contributed by atoms with Crippen LogP contribution in [0.3, 0.4) is 0 Å². The molecule has 1 nitrogen and oxygen atoms in total. The minimum Gasteiger partial charge on any atom is -0.381 e. The van der Waals surface area contributed by atoms with Gasteiger partial charge in [0.2, 0.25) is 0 Å². The second-order valence-electron chi connectivity index (χ2n) is 6.17. The van der Waals surface area contributed by atoms with Crippen molar-refractivity contribution in [2.24, 2.45) is 0 Å². The molecule has 0 unspecified atom stereocenters. The zero-order valence-electron chi connectivity index (χ0n) is 14.3. The van der Waals surface area contributed by atoms with E-state index in [0.29, 0.717) is 0 Å². The minimum atomic E-state index is 0.828. The monoisotopic (exact) mass is 324 g/mol. The van der Waals surface area contributed by atoms with E-state index in [4.69, 9.17) is 16.3 Å². The van der Waals surface area contributed by atoms with E-state index in [1.54, 1.807) is 0 Å². The third-order valence-corrected chi connectivity index (χ3v) is 4.31. The smallest absolute Gasteiger partial charge is 0.0466 e. The third-order valence-electron chi connectivity index (χ3n) is 4.06. The predicted octanol–water partition coefficient (Wildman–Crippen LogP) is 6.82. The number of aryl methyl sites for hydroxylation is 1. The Morgan fingerprint density at radius 2 is 1.27 bits per heavy atom. The molecular formula is C20H33ClO. The molecule has 0 atom stereocenters. The van der Waals surface area contributed by atoms with Crippen molar-refractivity contribution >= 4 is 11.6 Å². The molecule has 1 rings (SSSR count). The molecule has 0 radical (unpaired) electrons. The number of halogens is 1. The van der Waals surface area contributed by atoms with E-state index in [0.717, 1.165) is 18.2 Å². The summed E-state index contributed by atoms with van der Waals surface area (Å²) < 4.78 is 5.69. The average Bonchev–Trinajstić information content (AvgIpc) is 2.53. The van der Waals surface area contributed by atoms with E-state index in [1.165, 1.54) is 76.2 Å². The Labute approximate surface area is 142 Å². The highest BCUT2D eigenvalue weighted by Gasteiger charge is 1.95. The van der Waals surface area contributed by atoms with E-state index in [-0.39, 0.29) is 0 Å². The molecule has 0 aliphatic carbocycles. The van der Waals surface area contributed by atoms with Gasteiger partial charge in [0.1, 0.15) is 0 Å². The maximum atomic E-state index is 5.89. The summed E-state index contributed by atoms with van der Waals surface area (Å²) in [6.07, 6.45) is 14.2. The molecule has 0 bridgehead atoms. The van der Waals surface area contributed by atoms with Crippen LogP contribution in [0.15, 0.2) is 24.3 Å². The van der Waals surface area contributed by atoms with Crippen LogP contribution in [-0.4, -0.2) is 13.2 Å². The first-order valence-corrected chi connectivity index (χ1v) is 9.53. The van der Waals surface area contributed by atoms with Crippen LogP contribution in [0.4, 0.5) is 0 Å². The maximum absolute atomic E-state index is 5.89. The molecule has 0 saturated carbocycles. The second kappa shape index (κ2) is 14.1. The van der Waals surface area contributed by atoms with Gasteiger partial charge in [0, 0.05) is 18.2 Å². The van der Waals surface area contributed by atoms with Gasteiger partial charge in [0.25, 0.3) is 0 Å². The summed E-state index contributed by atoms with van der Waals surface area (Å²) in [6, 6.07) is 8.24. The van der Waals surface area contributed by atoms with Gasteiger partial charge in [-0.05, 0) is 43.4 Å². The summed E-state index contributed by atoms with van der Waals surface area (Å²) in [4.78, 5) is 0. The molecule has 0 aromatic heterocycles. The molecule has 0 heterocycles. The zero-order valence-corrected chi connectivity index (χ0v) is 15.0. The molecule has 1 aromatic carbocycles. The van der Waals surface area contributed by atoms with Crippen LogP contribution in [0.2, 0.25) is 5.02 Å². The number of rotatable bonds is 14.